The predicted octanol–water partition coefficient (Wildman–Crippen LogP) is 1.15. The highest BCUT2D eigenvalue weighted by Gasteiger charge is 2.45. The molecule has 19 heavy (non-hydrogen) atoms. The van der Waals surface area contributed by atoms with Gasteiger partial charge in [0.2, 0.25) is 5.91 Å². The summed E-state index contributed by atoms with van der Waals surface area (Å²) < 4.78 is 1.72. The number of carbonyl (C=O) groups excluding carboxylic acids is 1. The van der Waals surface area contributed by atoms with Gasteiger partial charge >= 0.3 is 0 Å². The van der Waals surface area contributed by atoms with Crippen LogP contribution in [0.2, 0.25) is 0 Å². The summed E-state index contributed by atoms with van der Waals surface area (Å²) in [6.07, 6.45) is 6.37. The fourth-order valence-electron chi connectivity index (χ4n) is 2.53. The van der Waals surface area contributed by atoms with E-state index in [0.717, 1.165) is 19.4 Å². The van der Waals surface area contributed by atoms with Crippen molar-refractivity contribution in [2.24, 2.45) is 16.3 Å². The summed E-state index contributed by atoms with van der Waals surface area (Å²) in [5, 5.41) is 18.8. The Morgan fingerprint density at radius 2 is 2.32 bits per heavy atom. The molecule has 0 aliphatic heterocycles. The molecule has 1 heterocycles. The van der Waals surface area contributed by atoms with Gasteiger partial charge in [-0.25, -0.2) is 0 Å². The zero-order valence-electron chi connectivity index (χ0n) is 11.0. The Bertz CT molecular complexity index is 488. The molecule has 1 amide bonds. The molecule has 0 atom stereocenters. The Balaban J connectivity index is 2.17. The standard InChI is InChI=1S/C12H19N5O2/c1-2-17-8-9(7-14-17)15-11(18)12(10(13)16-19)5-3-4-6-12/h7-8,19H,2-6H2,1H3,(H2,13,16)(H,15,18). The number of rotatable bonds is 4. The lowest BCUT2D eigenvalue weighted by Gasteiger charge is -2.25. The van der Waals surface area contributed by atoms with Gasteiger partial charge in [-0.15, -0.1) is 0 Å². The molecule has 1 aliphatic rings. The van der Waals surface area contributed by atoms with Crippen LogP contribution in [0.4, 0.5) is 5.69 Å². The van der Waals surface area contributed by atoms with E-state index in [1.54, 1.807) is 17.1 Å². The number of carbonyl (C=O) groups is 1. The molecule has 7 nitrogen and oxygen atoms in total. The van der Waals surface area contributed by atoms with E-state index in [1.807, 2.05) is 6.92 Å². The van der Waals surface area contributed by atoms with E-state index in [4.69, 9.17) is 10.9 Å². The van der Waals surface area contributed by atoms with Crippen LogP contribution in [0.1, 0.15) is 32.6 Å². The van der Waals surface area contributed by atoms with Crippen molar-refractivity contribution in [3.8, 4) is 0 Å². The van der Waals surface area contributed by atoms with Crippen LogP contribution in [-0.4, -0.2) is 26.7 Å². The summed E-state index contributed by atoms with van der Waals surface area (Å²) in [6.45, 7) is 2.70. The number of nitrogens with zero attached hydrogens (tertiary/aromatic N) is 3. The average molecular weight is 265 g/mol. The monoisotopic (exact) mass is 265 g/mol. The number of aryl methyl sites for hydroxylation is 1. The van der Waals surface area contributed by atoms with Gasteiger partial charge in [-0.05, 0) is 19.8 Å². The molecule has 104 valence electrons. The Labute approximate surface area is 111 Å². The van der Waals surface area contributed by atoms with Gasteiger partial charge in [0, 0.05) is 12.7 Å². The van der Waals surface area contributed by atoms with Crippen LogP contribution in [0.15, 0.2) is 17.5 Å². The highest BCUT2D eigenvalue weighted by molar-refractivity contribution is 6.12. The fraction of sp³-hybridized carbons (Fsp3) is 0.583. The number of amides is 1. The van der Waals surface area contributed by atoms with Crippen LogP contribution in [0.25, 0.3) is 0 Å². The highest BCUT2D eigenvalue weighted by atomic mass is 16.4. The first-order valence-corrected chi connectivity index (χ1v) is 6.44. The molecule has 1 aliphatic carbocycles. The number of amidine groups is 1. The highest BCUT2D eigenvalue weighted by Crippen LogP contribution is 2.39. The minimum atomic E-state index is -0.886. The second-order valence-electron chi connectivity index (χ2n) is 4.81. The minimum absolute atomic E-state index is 0.00890. The number of hydrogen-bond donors (Lipinski definition) is 3. The van der Waals surface area contributed by atoms with Crippen LogP contribution in [0.3, 0.4) is 0 Å². The molecule has 0 bridgehead atoms. The van der Waals surface area contributed by atoms with Crippen LogP contribution < -0.4 is 11.1 Å². The molecule has 1 fully saturated rings. The van der Waals surface area contributed by atoms with Crippen LogP contribution in [-0.2, 0) is 11.3 Å². The van der Waals surface area contributed by atoms with Gasteiger partial charge in [0.05, 0.1) is 11.9 Å². The van der Waals surface area contributed by atoms with Gasteiger partial charge in [0.1, 0.15) is 5.41 Å². The summed E-state index contributed by atoms with van der Waals surface area (Å²) in [5.74, 6) is -0.235. The first-order chi connectivity index (χ1) is 9.12. The van der Waals surface area contributed by atoms with Crippen LogP contribution in [0, 0.1) is 5.41 Å². The first kappa shape index (κ1) is 13.4. The summed E-state index contributed by atoms with van der Waals surface area (Å²) >= 11 is 0. The first-order valence-electron chi connectivity index (χ1n) is 6.44. The van der Waals surface area contributed by atoms with Crippen molar-refractivity contribution < 1.29 is 10.0 Å². The molecule has 2 rings (SSSR count). The van der Waals surface area contributed by atoms with Gasteiger partial charge in [-0.3, -0.25) is 9.48 Å². The smallest absolute Gasteiger partial charge is 0.238 e. The Morgan fingerprint density at radius 3 is 2.84 bits per heavy atom. The SMILES string of the molecule is CCn1cc(NC(=O)C2(C(N)=NO)CCCC2)cn1. The second kappa shape index (κ2) is 5.29. The normalized spacial score (nSPS) is 18.5. The molecule has 1 aromatic rings. The second-order valence-corrected chi connectivity index (χ2v) is 4.81. The molecule has 0 spiro atoms. The maximum absolute atomic E-state index is 12.4. The van der Waals surface area contributed by atoms with E-state index in [-0.39, 0.29) is 11.7 Å². The van der Waals surface area contributed by atoms with Gasteiger partial charge in [0.25, 0.3) is 0 Å². The third-order valence-corrected chi connectivity index (χ3v) is 3.70. The van der Waals surface area contributed by atoms with E-state index >= 15 is 0 Å². The van der Waals surface area contributed by atoms with Gasteiger partial charge < -0.3 is 16.3 Å². The largest absolute Gasteiger partial charge is 0.409 e. The summed E-state index contributed by atoms with van der Waals surface area (Å²) in [5.41, 5.74) is 5.46. The van der Waals surface area contributed by atoms with Crippen molar-refractivity contribution in [3.63, 3.8) is 0 Å². The summed E-state index contributed by atoms with van der Waals surface area (Å²) in [6, 6.07) is 0. The van der Waals surface area contributed by atoms with E-state index in [0.29, 0.717) is 18.5 Å². The Kier molecular flexibility index (Phi) is 3.73. The number of nitrogens with two attached hydrogens (primary N) is 1. The zero-order valence-corrected chi connectivity index (χ0v) is 11.0. The van der Waals surface area contributed by atoms with Crippen LogP contribution in [0.5, 0.6) is 0 Å². The number of aromatic nitrogens is 2. The molecule has 1 aromatic heterocycles. The molecule has 0 saturated heterocycles. The molecular weight excluding hydrogens is 246 g/mol. The summed E-state index contributed by atoms with van der Waals surface area (Å²) in [4.78, 5) is 12.4. The van der Waals surface area contributed by atoms with E-state index < -0.39 is 5.41 Å². The average Bonchev–Trinajstić information content (AvgIpc) is 3.07. The molecule has 0 radical (unpaired) electrons. The molecule has 4 N–H and O–H groups in total. The number of anilines is 1. The van der Waals surface area contributed by atoms with Crippen molar-refractivity contribution >= 4 is 17.4 Å². The van der Waals surface area contributed by atoms with Gasteiger partial charge in [0.15, 0.2) is 5.84 Å². The molecular formula is C12H19N5O2. The molecule has 0 unspecified atom stereocenters. The number of nitrogens with one attached hydrogen (secondary N) is 1. The lowest BCUT2D eigenvalue weighted by molar-refractivity contribution is -0.122. The lowest BCUT2D eigenvalue weighted by atomic mass is 9.84. The molecule has 0 aromatic carbocycles. The van der Waals surface area contributed by atoms with Crippen molar-refractivity contribution in [3.05, 3.63) is 12.4 Å². The minimum Gasteiger partial charge on any atom is -0.409 e. The number of oxime groups is 1. The van der Waals surface area contributed by atoms with E-state index in [1.165, 1.54) is 0 Å². The van der Waals surface area contributed by atoms with Gasteiger partial charge in [-0.2, -0.15) is 5.10 Å². The summed E-state index contributed by atoms with van der Waals surface area (Å²) in [7, 11) is 0. The molecule has 7 heteroatoms. The van der Waals surface area contributed by atoms with Crippen molar-refractivity contribution in [2.45, 2.75) is 39.2 Å². The van der Waals surface area contributed by atoms with Crippen molar-refractivity contribution in [1.29, 1.82) is 0 Å². The fourth-order valence-corrected chi connectivity index (χ4v) is 2.53. The lowest BCUT2D eigenvalue weighted by Crippen LogP contribution is -2.45. The Hall–Kier alpha value is -2.05. The quantitative estimate of drug-likeness (QED) is 0.328. The predicted molar refractivity (Wildman–Crippen MR) is 70.8 cm³/mol. The van der Waals surface area contributed by atoms with E-state index in [9.17, 15) is 4.79 Å². The van der Waals surface area contributed by atoms with Crippen molar-refractivity contribution in [2.75, 3.05) is 5.32 Å². The van der Waals surface area contributed by atoms with E-state index in [2.05, 4.69) is 15.6 Å². The van der Waals surface area contributed by atoms with Crippen LogP contribution >= 0.6 is 0 Å². The number of hydrogen-bond acceptors (Lipinski definition) is 4. The topological polar surface area (TPSA) is 106 Å². The zero-order chi connectivity index (χ0) is 13.9. The maximum Gasteiger partial charge on any atom is 0.238 e. The molecule has 1 saturated carbocycles. The Morgan fingerprint density at radius 1 is 1.63 bits per heavy atom. The van der Waals surface area contributed by atoms with Crippen molar-refractivity contribution in [1.82, 2.24) is 9.78 Å². The van der Waals surface area contributed by atoms with Gasteiger partial charge in [-0.1, -0.05) is 18.0 Å². The maximum atomic E-state index is 12.4. The third kappa shape index (κ3) is 2.40. The third-order valence-electron chi connectivity index (χ3n) is 3.70.